The van der Waals surface area contributed by atoms with Gasteiger partial charge in [-0.15, -0.1) is 0 Å². The van der Waals surface area contributed by atoms with E-state index in [1.807, 2.05) is 24.3 Å². The first-order valence-electron chi connectivity index (χ1n) is 6.20. The number of pyridine rings is 2. The fourth-order valence-electron chi connectivity index (χ4n) is 2.09. The van der Waals surface area contributed by atoms with Crippen molar-refractivity contribution in [1.82, 2.24) is 9.97 Å². The van der Waals surface area contributed by atoms with Crippen LogP contribution in [0.15, 0.2) is 53.4 Å². The van der Waals surface area contributed by atoms with Crippen LogP contribution in [0.25, 0.3) is 10.9 Å². The van der Waals surface area contributed by atoms with Crippen LogP contribution >= 0.6 is 28.1 Å². The van der Waals surface area contributed by atoms with E-state index < -0.39 is 0 Å². The Morgan fingerprint density at radius 2 is 2.05 bits per heavy atom. The number of rotatable bonds is 3. The molecule has 1 aromatic carbocycles. The van der Waals surface area contributed by atoms with Crippen molar-refractivity contribution in [3.05, 3.63) is 59.0 Å². The lowest BCUT2D eigenvalue weighted by molar-refractivity contribution is 1.31. The number of hydrogen-bond donors (Lipinski definition) is 2. The number of hydrogen-bond acceptors (Lipinski definition) is 4. The molecule has 21 heavy (non-hydrogen) atoms. The van der Waals surface area contributed by atoms with E-state index in [9.17, 15) is 0 Å². The number of nitrogens with zero attached hydrogens (tertiary/aromatic N) is 2. The standard InChI is InChI=1S/C15H11BrN4S/c16-10-6-9-2-1-3-12(14(9)19-7-10)20-13-8-18-5-4-11(13)15(17)21/h1-8,20H,(H2,17,21). The maximum Gasteiger partial charge on any atom is 0.106 e. The summed E-state index contributed by atoms with van der Waals surface area (Å²) in [4.78, 5) is 8.90. The molecule has 2 aromatic heterocycles. The average molecular weight is 359 g/mol. The molecule has 0 saturated carbocycles. The zero-order valence-corrected chi connectivity index (χ0v) is 13.3. The third-order valence-electron chi connectivity index (χ3n) is 3.03. The van der Waals surface area contributed by atoms with Gasteiger partial charge in [0, 0.05) is 27.8 Å². The number of benzene rings is 1. The maximum absolute atomic E-state index is 5.74. The summed E-state index contributed by atoms with van der Waals surface area (Å²) in [6, 6.07) is 9.75. The van der Waals surface area contributed by atoms with Crippen LogP contribution in [-0.4, -0.2) is 15.0 Å². The molecule has 0 fully saturated rings. The van der Waals surface area contributed by atoms with Gasteiger partial charge in [0.25, 0.3) is 0 Å². The number of nitrogens with two attached hydrogens (primary N) is 1. The summed E-state index contributed by atoms with van der Waals surface area (Å²) in [5, 5.41) is 4.35. The van der Waals surface area contributed by atoms with Crippen LogP contribution in [-0.2, 0) is 0 Å². The van der Waals surface area contributed by atoms with Gasteiger partial charge in [-0.05, 0) is 34.1 Å². The first kappa shape index (κ1) is 13.9. The molecule has 104 valence electrons. The molecular weight excluding hydrogens is 348 g/mol. The van der Waals surface area contributed by atoms with Crippen molar-refractivity contribution >= 4 is 55.4 Å². The van der Waals surface area contributed by atoms with E-state index in [2.05, 4.69) is 31.2 Å². The topological polar surface area (TPSA) is 63.8 Å². The molecule has 2 heterocycles. The quantitative estimate of drug-likeness (QED) is 0.697. The largest absolute Gasteiger partial charge is 0.389 e. The molecular formula is C15H11BrN4S. The molecule has 0 aliphatic rings. The van der Waals surface area contributed by atoms with Gasteiger partial charge in [-0.25, -0.2) is 0 Å². The Hall–Kier alpha value is -2.05. The highest BCUT2D eigenvalue weighted by atomic mass is 79.9. The fourth-order valence-corrected chi connectivity index (χ4v) is 2.62. The number of halogens is 1. The van der Waals surface area contributed by atoms with Crippen LogP contribution in [0.3, 0.4) is 0 Å². The van der Waals surface area contributed by atoms with Crippen molar-refractivity contribution in [2.45, 2.75) is 0 Å². The van der Waals surface area contributed by atoms with Gasteiger partial charge >= 0.3 is 0 Å². The second-order valence-corrected chi connectivity index (χ2v) is 5.80. The lowest BCUT2D eigenvalue weighted by atomic mass is 10.1. The molecule has 0 bridgehead atoms. The number of fused-ring (bicyclic) bond motifs is 1. The van der Waals surface area contributed by atoms with Crippen molar-refractivity contribution in [1.29, 1.82) is 0 Å². The normalized spacial score (nSPS) is 10.5. The molecule has 0 aliphatic carbocycles. The number of anilines is 2. The molecule has 3 N–H and O–H groups in total. The van der Waals surface area contributed by atoms with E-state index in [4.69, 9.17) is 18.0 Å². The molecule has 0 atom stereocenters. The summed E-state index contributed by atoms with van der Waals surface area (Å²) >= 11 is 8.49. The summed E-state index contributed by atoms with van der Waals surface area (Å²) in [5.74, 6) is 0. The zero-order chi connectivity index (χ0) is 14.8. The molecule has 6 heteroatoms. The number of para-hydroxylation sites is 1. The van der Waals surface area contributed by atoms with Crippen molar-refractivity contribution in [2.75, 3.05) is 5.32 Å². The third-order valence-corrected chi connectivity index (χ3v) is 3.69. The van der Waals surface area contributed by atoms with E-state index >= 15 is 0 Å². The minimum absolute atomic E-state index is 0.329. The first-order valence-corrected chi connectivity index (χ1v) is 7.40. The van der Waals surface area contributed by atoms with Gasteiger partial charge in [0.15, 0.2) is 0 Å². The van der Waals surface area contributed by atoms with E-state index in [1.54, 1.807) is 24.7 Å². The summed E-state index contributed by atoms with van der Waals surface area (Å²) < 4.78 is 0.942. The monoisotopic (exact) mass is 358 g/mol. The lowest BCUT2D eigenvalue weighted by Crippen LogP contribution is -2.12. The van der Waals surface area contributed by atoms with Crippen LogP contribution in [0.2, 0.25) is 0 Å². The summed E-state index contributed by atoms with van der Waals surface area (Å²) in [6.45, 7) is 0. The molecule has 0 unspecified atom stereocenters. The second kappa shape index (κ2) is 5.75. The van der Waals surface area contributed by atoms with Gasteiger partial charge in [-0.1, -0.05) is 24.4 Å². The molecule has 4 nitrogen and oxygen atoms in total. The maximum atomic E-state index is 5.74. The van der Waals surface area contributed by atoms with E-state index in [0.29, 0.717) is 4.99 Å². The Balaban J connectivity index is 2.09. The van der Waals surface area contributed by atoms with Crippen LogP contribution < -0.4 is 11.1 Å². The van der Waals surface area contributed by atoms with Crippen molar-refractivity contribution in [3.63, 3.8) is 0 Å². The summed E-state index contributed by atoms with van der Waals surface area (Å²) in [6.07, 6.45) is 5.13. The van der Waals surface area contributed by atoms with Crippen LogP contribution in [0.4, 0.5) is 11.4 Å². The van der Waals surface area contributed by atoms with E-state index in [0.717, 1.165) is 32.3 Å². The molecule has 0 radical (unpaired) electrons. The van der Waals surface area contributed by atoms with Crippen LogP contribution in [0, 0.1) is 0 Å². The summed E-state index contributed by atoms with van der Waals surface area (Å²) in [7, 11) is 0. The minimum atomic E-state index is 0.329. The summed E-state index contributed by atoms with van der Waals surface area (Å²) in [5.41, 5.74) is 9.02. The van der Waals surface area contributed by atoms with Gasteiger partial charge in [0.2, 0.25) is 0 Å². The minimum Gasteiger partial charge on any atom is -0.389 e. The highest BCUT2D eigenvalue weighted by Gasteiger charge is 2.08. The Morgan fingerprint density at radius 3 is 2.86 bits per heavy atom. The number of nitrogens with one attached hydrogen (secondary N) is 1. The lowest BCUT2D eigenvalue weighted by Gasteiger charge is -2.12. The molecule has 0 spiro atoms. The van der Waals surface area contributed by atoms with E-state index in [-0.39, 0.29) is 0 Å². The molecule has 3 rings (SSSR count). The van der Waals surface area contributed by atoms with Gasteiger partial charge in [-0.3, -0.25) is 9.97 Å². The molecule has 3 aromatic rings. The molecule has 0 amide bonds. The second-order valence-electron chi connectivity index (χ2n) is 4.44. The zero-order valence-electron chi connectivity index (χ0n) is 10.9. The Kier molecular flexibility index (Phi) is 3.81. The highest BCUT2D eigenvalue weighted by molar-refractivity contribution is 9.10. The molecule has 0 saturated heterocycles. The van der Waals surface area contributed by atoms with Gasteiger partial charge in [0.05, 0.1) is 23.1 Å². The van der Waals surface area contributed by atoms with Gasteiger partial charge in [-0.2, -0.15) is 0 Å². The number of aromatic nitrogens is 2. The molecule has 0 aliphatic heterocycles. The van der Waals surface area contributed by atoms with Gasteiger partial charge < -0.3 is 11.1 Å². The first-order chi connectivity index (χ1) is 10.1. The SMILES string of the molecule is NC(=S)c1ccncc1Nc1cccc2cc(Br)cnc12. The smallest absolute Gasteiger partial charge is 0.106 e. The Labute approximate surface area is 135 Å². The average Bonchev–Trinajstić information content (AvgIpc) is 2.47. The van der Waals surface area contributed by atoms with Gasteiger partial charge in [0.1, 0.15) is 4.99 Å². The van der Waals surface area contributed by atoms with E-state index in [1.165, 1.54) is 0 Å². The Morgan fingerprint density at radius 1 is 1.19 bits per heavy atom. The predicted octanol–water partition coefficient (Wildman–Crippen LogP) is 3.77. The van der Waals surface area contributed by atoms with Crippen molar-refractivity contribution in [3.8, 4) is 0 Å². The predicted molar refractivity (Wildman–Crippen MR) is 92.9 cm³/mol. The fraction of sp³-hybridized carbons (Fsp3) is 0. The van der Waals surface area contributed by atoms with Crippen molar-refractivity contribution in [2.24, 2.45) is 5.73 Å². The van der Waals surface area contributed by atoms with Crippen LogP contribution in [0.1, 0.15) is 5.56 Å². The van der Waals surface area contributed by atoms with Crippen molar-refractivity contribution < 1.29 is 0 Å². The number of thiocarbonyl (C=S) groups is 1. The Bertz CT molecular complexity index is 835. The highest BCUT2D eigenvalue weighted by Crippen LogP contribution is 2.27. The third kappa shape index (κ3) is 2.86. The van der Waals surface area contributed by atoms with Crippen LogP contribution in [0.5, 0.6) is 0 Å².